The topological polar surface area (TPSA) is 40.6 Å². The summed E-state index contributed by atoms with van der Waals surface area (Å²) < 4.78 is 0. The molecule has 0 spiro atoms. The Hall–Kier alpha value is -3.40. The van der Waals surface area contributed by atoms with Gasteiger partial charge in [-0.3, -0.25) is 9.59 Å². The Balaban J connectivity index is 1.56. The van der Waals surface area contributed by atoms with Crippen molar-refractivity contribution in [2.24, 2.45) is 0 Å². The van der Waals surface area contributed by atoms with Crippen molar-refractivity contribution in [1.82, 2.24) is 4.90 Å². The summed E-state index contributed by atoms with van der Waals surface area (Å²) in [5, 5.41) is 0. The van der Waals surface area contributed by atoms with E-state index in [0.717, 1.165) is 30.6 Å². The first-order chi connectivity index (χ1) is 14.7. The predicted molar refractivity (Wildman–Crippen MR) is 119 cm³/mol. The zero-order valence-corrected chi connectivity index (χ0v) is 17.0. The minimum absolute atomic E-state index is 0.0109. The first-order valence-corrected chi connectivity index (χ1v) is 10.5. The molecule has 4 rings (SSSR count). The summed E-state index contributed by atoms with van der Waals surface area (Å²) in [6.45, 7) is 1.90. The molecule has 0 bridgehead atoms. The number of hydrogen-bond donors (Lipinski definition) is 0. The highest BCUT2D eigenvalue weighted by molar-refractivity contribution is 5.99. The van der Waals surface area contributed by atoms with Crippen LogP contribution in [0, 0.1) is 0 Å². The van der Waals surface area contributed by atoms with Crippen LogP contribution in [0.1, 0.15) is 34.3 Å². The molecule has 0 radical (unpaired) electrons. The molecule has 152 valence electrons. The number of benzene rings is 3. The highest BCUT2D eigenvalue weighted by atomic mass is 16.2. The molecular formula is C26H26N2O2. The minimum Gasteiger partial charge on any atom is -0.334 e. The summed E-state index contributed by atoms with van der Waals surface area (Å²) in [5.74, 6) is 0.119. The van der Waals surface area contributed by atoms with Crippen LogP contribution >= 0.6 is 0 Å². The zero-order valence-electron chi connectivity index (χ0n) is 17.0. The molecule has 0 aromatic heterocycles. The smallest absolute Gasteiger partial charge is 0.254 e. The third-order valence-corrected chi connectivity index (χ3v) is 5.49. The number of amides is 2. The molecule has 0 saturated carbocycles. The van der Waals surface area contributed by atoms with Crippen molar-refractivity contribution in [2.75, 3.05) is 18.0 Å². The van der Waals surface area contributed by atoms with E-state index in [1.165, 1.54) is 5.56 Å². The molecule has 3 aromatic rings. The molecular weight excluding hydrogens is 372 g/mol. The van der Waals surface area contributed by atoms with Gasteiger partial charge in [-0.05, 0) is 42.2 Å². The van der Waals surface area contributed by atoms with Gasteiger partial charge in [-0.1, -0.05) is 66.7 Å². The SMILES string of the molecule is O=C(c1cccc(N2CCCC2=O)c1)N(CCc1ccccc1)Cc1ccccc1. The van der Waals surface area contributed by atoms with E-state index in [2.05, 4.69) is 12.1 Å². The number of hydrogen-bond acceptors (Lipinski definition) is 2. The molecule has 3 aromatic carbocycles. The van der Waals surface area contributed by atoms with Crippen LogP contribution in [-0.2, 0) is 17.8 Å². The number of anilines is 1. The molecule has 30 heavy (non-hydrogen) atoms. The Morgan fingerprint density at radius 2 is 1.57 bits per heavy atom. The molecule has 2 amide bonds. The number of nitrogens with zero attached hydrogens (tertiary/aromatic N) is 2. The maximum atomic E-state index is 13.4. The molecule has 1 aliphatic heterocycles. The molecule has 4 heteroatoms. The van der Waals surface area contributed by atoms with E-state index in [0.29, 0.717) is 25.1 Å². The van der Waals surface area contributed by atoms with Crippen molar-refractivity contribution in [3.63, 3.8) is 0 Å². The quantitative estimate of drug-likeness (QED) is 0.579. The van der Waals surface area contributed by atoms with Crippen molar-refractivity contribution in [3.05, 3.63) is 102 Å². The lowest BCUT2D eigenvalue weighted by atomic mass is 10.1. The summed E-state index contributed by atoms with van der Waals surface area (Å²) >= 11 is 0. The van der Waals surface area contributed by atoms with Crippen LogP contribution in [0.4, 0.5) is 5.69 Å². The van der Waals surface area contributed by atoms with Gasteiger partial charge in [-0.2, -0.15) is 0 Å². The van der Waals surface area contributed by atoms with E-state index < -0.39 is 0 Å². The van der Waals surface area contributed by atoms with Gasteiger partial charge in [-0.25, -0.2) is 0 Å². The fraction of sp³-hybridized carbons (Fsp3) is 0.231. The van der Waals surface area contributed by atoms with Crippen molar-refractivity contribution in [1.29, 1.82) is 0 Å². The van der Waals surface area contributed by atoms with Crippen LogP contribution < -0.4 is 4.90 Å². The van der Waals surface area contributed by atoms with Gasteiger partial charge in [0, 0.05) is 37.3 Å². The van der Waals surface area contributed by atoms with Crippen LogP contribution in [-0.4, -0.2) is 29.8 Å². The third-order valence-electron chi connectivity index (χ3n) is 5.49. The largest absolute Gasteiger partial charge is 0.334 e. The second-order valence-electron chi connectivity index (χ2n) is 7.65. The van der Waals surface area contributed by atoms with Crippen molar-refractivity contribution >= 4 is 17.5 Å². The second kappa shape index (κ2) is 9.40. The van der Waals surface area contributed by atoms with E-state index in [9.17, 15) is 9.59 Å². The Morgan fingerprint density at radius 3 is 2.23 bits per heavy atom. The van der Waals surface area contributed by atoms with E-state index in [1.54, 1.807) is 4.90 Å². The van der Waals surface area contributed by atoms with Crippen LogP contribution in [0.3, 0.4) is 0 Å². The maximum Gasteiger partial charge on any atom is 0.254 e. The Kier molecular flexibility index (Phi) is 6.23. The van der Waals surface area contributed by atoms with Crippen LogP contribution in [0.5, 0.6) is 0 Å². The lowest BCUT2D eigenvalue weighted by Crippen LogP contribution is -2.33. The normalized spacial score (nSPS) is 13.5. The second-order valence-corrected chi connectivity index (χ2v) is 7.65. The Bertz CT molecular complexity index is 1000. The molecule has 0 unspecified atom stereocenters. The molecule has 4 nitrogen and oxygen atoms in total. The Morgan fingerprint density at radius 1 is 0.867 bits per heavy atom. The molecule has 0 atom stereocenters. The summed E-state index contributed by atoms with van der Waals surface area (Å²) in [5.41, 5.74) is 3.74. The average Bonchev–Trinajstić information content (AvgIpc) is 3.23. The number of carbonyl (C=O) groups excluding carboxylic acids is 2. The van der Waals surface area contributed by atoms with Gasteiger partial charge in [0.25, 0.3) is 5.91 Å². The van der Waals surface area contributed by atoms with Crippen LogP contribution in [0.25, 0.3) is 0 Å². The van der Waals surface area contributed by atoms with Gasteiger partial charge in [0.15, 0.2) is 0 Å². The highest BCUT2D eigenvalue weighted by Crippen LogP contribution is 2.23. The molecule has 1 aliphatic rings. The van der Waals surface area contributed by atoms with Gasteiger partial charge in [0.05, 0.1) is 0 Å². The van der Waals surface area contributed by atoms with E-state index in [1.807, 2.05) is 77.7 Å². The summed E-state index contributed by atoms with van der Waals surface area (Å²) in [6, 6.07) is 27.8. The van der Waals surface area contributed by atoms with E-state index in [4.69, 9.17) is 0 Å². The van der Waals surface area contributed by atoms with Crippen molar-refractivity contribution in [3.8, 4) is 0 Å². The van der Waals surface area contributed by atoms with E-state index >= 15 is 0 Å². The summed E-state index contributed by atoms with van der Waals surface area (Å²) in [6.07, 6.45) is 2.24. The van der Waals surface area contributed by atoms with Gasteiger partial charge in [0.2, 0.25) is 5.91 Å². The van der Waals surface area contributed by atoms with Crippen molar-refractivity contribution < 1.29 is 9.59 Å². The Labute approximate surface area is 177 Å². The third kappa shape index (κ3) is 4.77. The maximum absolute atomic E-state index is 13.4. The average molecular weight is 399 g/mol. The first-order valence-electron chi connectivity index (χ1n) is 10.5. The van der Waals surface area contributed by atoms with Gasteiger partial charge < -0.3 is 9.80 Å². The first kappa shape index (κ1) is 19.9. The standard InChI is InChI=1S/C26H26N2O2/c29-25-15-8-17-28(25)24-14-7-13-23(19-24)26(30)27(20-22-11-5-2-6-12-22)18-16-21-9-3-1-4-10-21/h1-7,9-14,19H,8,15-18,20H2. The van der Waals surface area contributed by atoms with Crippen molar-refractivity contribution in [2.45, 2.75) is 25.8 Å². The van der Waals surface area contributed by atoms with E-state index in [-0.39, 0.29) is 11.8 Å². The monoisotopic (exact) mass is 398 g/mol. The highest BCUT2D eigenvalue weighted by Gasteiger charge is 2.23. The zero-order chi connectivity index (χ0) is 20.8. The van der Waals surface area contributed by atoms with Gasteiger partial charge in [0.1, 0.15) is 0 Å². The fourth-order valence-electron chi connectivity index (χ4n) is 3.88. The molecule has 0 aliphatic carbocycles. The van der Waals surface area contributed by atoms with Gasteiger partial charge in [-0.15, -0.1) is 0 Å². The lowest BCUT2D eigenvalue weighted by molar-refractivity contribution is -0.117. The summed E-state index contributed by atoms with van der Waals surface area (Å²) in [7, 11) is 0. The predicted octanol–water partition coefficient (Wildman–Crippen LogP) is 4.70. The summed E-state index contributed by atoms with van der Waals surface area (Å²) in [4.78, 5) is 29.2. The number of carbonyl (C=O) groups is 2. The van der Waals surface area contributed by atoms with Crippen LogP contribution in [0.2, 0.25) is 0 Å². The fourth-order valence-corrected chi connectivity index (χ4v) is 3.88. The van der Waals surface area contributed by atoms with Gasteiger partial charge >= 0.3 is 0 Å². The lowest BCUT2D eigenvalue weighted by Gasteiger charge is -2.24. The minimum atomic E-state index is -0.0109. The molecule has 0 N–H and O–H groups in total. The molecule has 1 heterocycles. The van der Waals surface area contributed by atoms with Crippen LogP contribution in [0.15, 0.2) is 84.9 Å². The molecule has 1 fully saturated rings. The molecule has 1 saturated heterocycles. The number of rotatable bonds is 7.